The Kier molecular flexibility index (Phi) is 7.32. The third-order valence-corrected chi connectivity index (χ3v) is 4.79. The molecule has 2 N–H and O–H groups in total. The number of nitrogens with one attached hydrogen (secondary N) is 2. The second kappa shape index (κ2) is 10.3. The van der Waals surface area contributed by atoms with Gasteiger partial charge in [-0.3, -0.25) is 0 Å². The van der Waals surface area contributed by atoms with Crippen molar-refractivity contribution in [2.45, 2.75) is 26.5 Å². The summed E-state index contributed by atoms with van der Waals surface area (Å²) in [5.74, 6) is 0.560. The number of benzene rings is 2. The summed E-state index contributed by atoms with van der Waals surface area (Å²) < 4.78 is 16.7. The summed E-state index contributed by atoms with van der Waals surface area (Å²) in [4.78, 5) is 24.8. The van der Waals surface area contributed by atoms with E-state index >= 15 is 0 Å². The quantitative estimate of drug-likeness (QED) is 0.496. The molecule has 0 unspecified atom stereocenters. The topological polar surface area (TPSA) is 85.9 Å². The number of carbonyl (C=O) groups is 2. The van der Waals surface area contributed by atoms with E-state index in [0.717, 1.165) is 5.56 Å². The van der Waals surface area contributed by atoms with Crippen molar-refractivity contribution in [3.63, 3.8) is 0 Å². The molecule has 2 aromatic rings. The van der Waals surface area contributed by atoms with Gasteiger partial charge in [0.15, 0.2) is 11.5 Å². The van der Waals surface area contributed by atoms with Crippen molar-refractivity contribution in [1.29, 1.82) is 0 Å². The fraction of sp³-hybridized carbons (Fsp3) is 0.250. The fourth-order valence-electron chi connectivity index (χ4n) is 3.23. The average Bonchev–Trinajstić information content (AvgIpc) is 2.77. The molecule has 0 aliphatic carbocycles. The molecule has 1 aliphatic heterocycles. The van der Waals surface area contributed by atoms with Crippen LogP contribution in [-0.2, 0) is 16.1 Å². The zero-order valence-corrected chi connectivity index (χ0v) is 17.8. The number of carbonyl (C=O) groups excluding carboxylic acids is 2. The van der Waals surface area contributed by atoms with Crippen molar-refractivity contribution in [3.8, 4) is 11.5 Å². The van der Waals surface area contributed by atoms with E-state index in [-0.39, 0.29) is 6.61 Å². The van der Waals surface area contributed by atoms with Crippen LogP contribution in [0.15, 0.2) is 72.0 Å². The summed E-state index contributed by atoms with van der Waals surface area (Å²) in [6.07, 6.45) is 3.53. The smallest absolute Gasteiger partial charge is 0.338 e. The first kappa shape index (κ1) is 22.0. The number of urea groups is 1. The van der Waals surface area contributed by atoms with Crippen LogP contribution < -0.4 is 20.1 Å². The molecule has 0 spiro atoms. The van der Waals surface area contributed by atoms with Gasteiger partial charge in [0.25, 0.3) is 0 Å². The number of hydrogen-bond donors (Lipinski definition) is 2. The van der Waals surface area contributed by atoms with E-state index in [0.29, 0.717) is 34.9 Å². The Bertz CT molecular complexity index is 998. The zero-order valence-electron chi connectivity index (χ0n) is 17.8. The van der Waals surface area contributed by atoms with Gasteiger partial charge in [-0.2, -0.15) is 0 Å². The Balaban J connectivity index is 1.85. The van der Waals surface area contributed by atoms with E-state index < -0.39 is 18.0 Å². The Labute approximate surface area is 181 Å². The van der Waals surface area contributed by atoms with Gasteiger partial charge in [-0.05, 0) is 37.1 Å². The minimum absolute atomic E-state index is 0.155. The summed E-state index contributed by atoms with van der Waals surface area (Å²) in [5, 5.41) is 5.42. The predicted octanol–water partition coefficient (Wildman–Crippen LogP) is 4.02. The van der Waals surface area contributed by atoms with Crippen molar-refractivity contribution in [2.24, 2.45) is 0 Å². The molecule has 0 aromatic heterocycles. The maximum absolute atomic E-state index is 12.7. The van der Waals surface area contributed by atoms with Gasteiger partial charge >= 0.3 is 12.0 Å². The number of ether oxygens (including phenoxy) is 3. The number of amides is 2. The highest BCUT2D eigenvalue weighted by Gasteiger charge is 2.32. The number of rotatable bonds is 8. The second-order valence-electron chi connectivity index (χ2n) is 6.92. The summed E-state index contributed by atoms with van der Waals surface area (Å²) in [6, 6.07) is 14.0. The van der Waals surface area contributed by atoms with Crippen LogP contribution in [0.5, 0.6) is 11.5 Å². The number of allylic oxidation sites excluding steroid dienone is 2. The van der Waals surface area contributed by atoms with Crippen molar-refractivity contribution in [2.75, 3.05) is 13.7 Å². The molecule has 0 radical (unpaired) electrons. The lowest BCUT2D eigenvalue weighted by atomic mass is 9.95. The molecular formula is C24H26N2O5. The first-order valence-electron chi connectivity index (χ1n) is 9.94. The maximum Gasteiger partial charge on any atom is 0.338 e. The molecule has 31 heavy (non-hydrogen) atoms. The van der Waals surface area contributed by atoms with E-state index in [1.54, 1.807) is 44.4 Å². The second-order valence-corrected chi connectivity index (χ2v) is 6.92. The van der Waals surface area contributed by atoms with E-state index in [2.05, 4.69) is 10.6 Å². The number of methoxy groups -OCH3 is 1. The molecule has 0 bridgehead atoms. The summed E-state index contributed by atoms with van der Waals surface area (Å²) in [6.45, 7) is 4.06. The molecule has 0 saturated heterocycles. The molecule has 3 rings (SSSR count). The summed E-state index contributed by atoms with van der Waals surface area (Å²) in [7, 11) is 1.54. The first-order chi connectivity index (χ1) is 15.0. The Morgan fingerprint density at radius 3 is 2.61 bits per heavy atom. The molecule has 162 valence electrons. The van der Waals surface area contributed by atoms with E-state index in [9.17, 15) is 9.59 Å². The highest BCUT2D eigenvalue weighted by Crippen LogP contribution is 2.35. The van der Waals surface area contributed by atoms with Crippen molar-refractivity contribution >= 4 is 12.0 Å². The lowest BCUT2D eigenvalue weighted by Crippen LogP contribution is -2.45. The monoisotopic (exact) mass is 422 g/mol. The normalized spacial score (nSPS) is 16.0. The van der Waals surface area contributed by atoms with Gasteiger partial charge in [-0.1, -0.05) is 48.6 Å². The van der Waals surface area contributed by atoms with Gasteiger partial charge in [-0.25, -0.2) is 9.59 Å². The standard InChI is InChI=1S/C24H26N2O5/c1-4-5-13-30-23(27)21-16(2)25-24(28)26-22(21)18-11-12-19(20(14-18)29-3)31-15-17-9-7-6-8-10-17/h4-12,14,22H,13,15H2,1-3H3,(H2,25,26,28)/b5-4+/t22-/m0/s1. The van der Waals surface area contributed by atoms with Crippen LogP contribution >= 0.6 is 0 Å². The van der Waals surface area contributed by atoms with Crippen LogP contribution in [-0.4, -0.2) is 25.7 Å². The lowest BCUT2D eigenvalue weighted by Gasteiger charge is -2.28. The van der Waals surface area contributed by atoms with Gasteiger partial charge < -0.3 is 24.8 Å². The Morgan fingerprint density at radius 1 is 1.13 bits per heavy atom. The largest absolute Gasteiger partial charge is 0.493 e. The van der Waals surface area contributed by atoms with Crippen LogP contribution in [0, 0.1) is 0 Å². The van der Waals surface area contributed by atoms with E-state index in [4.69, 9.17) is 14.2 Å². The molecule has 0 saturated carbocycles. The molecule has 0 fully saturated rings. The van der Waals surface area contributed by atoms with Gasteiger partial charge in [0.2, 0.25) is 0 Å². The molecular weight excluding hydrogens is 396 g/mol. The fourth-order valence-corrected chi connectivity index (χ4v) is 3.23. The SMILES string of the molecule is C/C=C/COC(=O)C1=C(C)NC(=O)N[C@H]1c1ccc(OCc2ccccc2)c(OC)c1. The summed E-state index contributed by atoms with van der Waals surface area (Å²) >= 11 is 0. The molecule has 7 nitrogen and oxygen atoms in total. The first-order valence-corrected chi connectivity index (χ1v) is 9.94. The van der Waals surface area contributed by atoms with Crippen molar-refractivity contribution in [1.82, 2.24) is 10.6 Å². The molecule has 1 atom stereocenters. The Morgan fingerprint density at radius 2 is 1.90 bits per heavy atom. The molecule has 1 heterocycles. The van der Waals surface area contributed by atoms with E-state index in [1.807, 2.05) is 37.3 Å². The van der Waals surface area contributed by atoms with Gasteiger partial charge in [0.1, 0.15) is 13.2 Å². The molecule has 2 amide bonds. The highest BCUT2D eigenvalue weighted by molar-refractivity contribution is 5.95. The third-order valence-electron chi connectivity index (χ3n) is 4.79. The maximum atomic E-state index is 12.7. The van der Waals surface area contributed by atoms with Gasteiger partial charge in [0.05, 0.1) is 18.7 Å². The highest BCUT2D eigenvalue weighted by atomic mass is 16.5. The van der Waals surface area contributed by atoms with Crippen molar-refractivity contribution < 1.29 is 23.8 Å². The van der Waals surface area contributed by atoms with Crippen LogP contribution in [0.1, 0.15) is 31.0 Å². The predicted molar refractivity (Wildman–Crippen MR) is 117 cm³/mol. The van der Waals surface area contributed by atoms with Crippen LogP contribution in [0.4, 0.5) is 4.79 Å². The summed E-state index contributed by atoms with van der Waals surface area (Å²) in [5.41, 5.74) is 2.49. The van der Waals surface area contributed by atoms with E-state index in [1.165, 1.54) is 0 Å². The molecule has 2 aromatic carbocycles. The van der Waals surface area contributed by atoms with Gasteiger partial charge in [-0.15, -0.1) is 0 Å². The number of esters is 1. The minimum Gasteiger partial charge on any atom is -0.493 e. The van der Waals surface area contributed by atoms with Crippen LogP contribution in [0.2, 0.25) is 0 Å². The van der Waals surface area contributed by atoms with Crippen LogP contribution in [0.3, 0.4) is 0 Å². The lowest BCUT2D eigenvalue weighted by molar-refractivity contribution is -0.138. The molecule has 1 aliphatic rings. The zero-order chi connectivity index (χ0) is 22.2. The van der Waals surface area contributed by atoms with Gasteiger partial charge in [0, 0.05) is 5.70 Å². The Hall–Kier alpha value is -3.74. The average molecular weight is 422 g/mol. The number of hydrogen-bond acceptors (Lipinski definition) is 5. The third kappa shape index (κ3) is 5.45. The molecule has 7 heteroatoms. The van der Waals surface area contributed by atoms with Crippen molar-refractivity contribution in [3.05, 3.63) is 83.1 Å². The van der Waals surface area contributed by atoms with Crippen LogP contribution in [0.25, 0.3) is 0 Å². The minimum atomic E-state index is -0.677.